The molecule has 0 aromatic rings. The van der Waals surface area contributed by atoms with Crippen LogP contribution in [0.4, 0.5) is 0 Å². The quantitative estimate of drug-likeness (QED) is 0.813. The molecule has 0 aromatic carbocycles. The summed E-state index contributed by atoms with van der Waals surface area (Å²) in [6.07, 6.45) is 7.02. The Kier molecular flexibility index (Phi) is 5.04. The van der Waals surface area contributed by atoms with Crippen LogP contribution < -0.4 is 5.32 Å². The van der Waals surface area contributed by atoms with E-state index in [4.69, 9.17) is 0 Å². The highest BCUT2D eigenvalue weighted by Gasteiger charge is 2.23. The monoisotopic (exact) mass is 274 g/mol. The second-order valence-electron chi connectivity index (χ2n) is 5.80. The summed E-state index contributed by atoms with van der Waals surface area (Å²) in [5.74, 6) is 0.728. The number of sulfone groups is 1. The molecule has 2 fully saturated rings. The third kappa shape index (κ3) is 4.21. The fourth-order valence-corrected chi connectivity index (χ4v) is 4.56. The summed E-state index contributed by atoms with van der Waals surface area (Å²) in [6, 6.07) is 1.18. The minimum atomic E-state index is -2.72. The summed E-state index contributed by atoms with van der Waals surface area (Å²) < 4.78 is 22.6. The average Bonchev–Trinajstić information content (AvgIpc) is 2.85. The van der Waals surface area contributed by atoms with Gasteiger partial charge in [0.05, 0.1) is 11.5 Å². The average molecular weight is 274 g/mol. The molecule has 1 heterocycles. The summed E-state index contributed by atoms with van der Waals surface area (Å²) in [5.41, 5.74) is 0. The number of likely N-dealkylation sites (N-methyl/N-ethyl adjacent to an activating group) is 1. The molecule has 0 unspecified atom stereocenters. The first-order valence-corrected chi connectivity index (χ1v) is 9.03. The normalized spacial score (nSPS) is 25.9. The summed E-state index contributed by atoms with van der Waals surface area (Å²) in [6.45, 7) is 2.06. The fourth-order valence-electron chi connectivity index (χ4n) is 3.07. The minimum Gasteiger partial charge on any atom is -0.313 e. The number of hydrogen-bond donors (Lipinski definition) is 1. The van der Waals surface area contributed by atoms with Gasteiger partial charge in [-0.05, 0) is 32.7 Å². The zero-order chi connectivity index (χ0) is 13.0. The van der Waals surface area contributed by atoms with Crippen molar-refractivity contribution in [2.45, 2.75) is 50.6 Å². The maximum atomic E-state index is 11.3. The van der Waals surface area contributed by atoms with Gasteiger partial charge in [0.1, 0.15) is 9.84 Å². The topological polar surface area (TPSA) is 49.4 Å². The molecule has 0 amide bonds. The van der Waals surface area contributed by atoms with Gasteiger partial charge in [-0.25, -0.2) is 8.42 Å². The number of rotatable bonds is 5. The summed E-state index contributed by atoms with van der Waals surface area (Å²) in [4.78, 5) is 2.46. The van der Waals surface area contributed by atoms with Crippen molar-refractivity contribution in [3.8, 4) is 0 Å². The Bertz CT molecular complexity index is 336. The molecule has 2 aliphatic rings. The van der Waals surface area contributed by atoms with Crippen LogP contribution in [0.25, 0.3) is 0 Å². The SMILES string of the molecule is CN(CCNC1CCS(=O)(=O)CC1)C1CCCC1. The zero-order valence-electron chi connectivity index (χ0n) is 11.4. The molecule has 4 nitrogen and oxygen atoms in total. The molecule has 0 radical (unpaired) electrons. The molecule has 0 spiro atoms. The third-order valence-electron chi connectivity index (χ3n) is 4.40. The van der Waals surface area contributed by atoms with E-state index in [0.29, 0.717) is 17.5 Å². The van der Waals surface area contributed by atoms with Crippen LogP contribution in [-0.2, 0) is 9.84 Å². The lowest BCUT2D eigenvalue weighted by Gasteiger charge is -2.27. The van der Waals surface area contributed by atoms with Crippen molar-refractivity contribution in [1.29, 1.82) is 0 Å². The van der Waals surface area contributed by atoms with Crippen molar-refractivity contribution < 1.29 is 8.42 Å². The largest absolute Gasteiger partial charge is 0.313 e. The maximum absolute atomic E-state index is 11.3. The predicted molar refractivity (Wildman–Crippen MR) is 74.6 cm³/mol. The number of hydrogen-bond acceptors (Lipinski definition) is 4. The molecule has 5 heteroatoms. The first-order valence-electron chi connectivity index (χ1n) is 7.21. The van der Waals surface area contributed by atoms with Gasteiger partial charge in [0, 0.05) is 25.2 Å². The van der Waals surface area contributed by atoms with Crippen molar-refractivity contribution in [2.75, 3.05) is 31.6 Å². The van der Waals surface area contributed by atoms with Crippen LogP contribution >= 0.6 is 0 Å². The Morgan fingerprint density at radius 3 is 2.33 bits per heavy atom. The van der Waals surface area contributed by atoms with Gasteiger partial charge in [-0.15, -0.1) is 0 Å². The summed E-state index contributed by atoms with van der Waals surface area (Å²) >= 11 is 0. The van der Waals surface area contributed by atoms with Crippen molar-refractivity contribution >= 4 is 9.84 Å². The molecular formula is C13H26N2O2S. The summed E-state index contributed by atoms with van der Waals surface area (Å²) in [5, 5.41) is 3.51. The first kappa shape index (κ1) is 14.3. The van der Waals surface area contributed by atoms with E-state index in [1.807, 2.05) is 0 Å². The molecule has 1 aliphatic heterocycles. The number of nitrogens with zero attached hydrogens (tertiary/aromatic N) is 1. The lowest BCUT2D eigenvalue weighted by Crippen LogP contribution is -2.42. The minimum absolute atomic E-state index is 0.364. The van der Waals surface area contributed by atoms with E-state index in [9.17, 15) is 8.42 Å². The van der Waals surface area contributed by atoms with E-state index >= 15 is 0 Å². The third-order valence-corrected chi connectivity index (χ3v) is 6.12. The molecule has 1 saturated heterocycles. The Labute approximate surface area is 111 Å². The smallest absolute Gasteiger partial charge is 0.150 e. The lowest BCUT2D eigenvalue weighted by atomic mass is 10.1. The van der Waals surface area contributed by atoms with Crippen LogP contribution in [0.3, 0.4) is 0 Å². The van der Waals surface area contributed by atoms with Gasteiger partial charge >= 0.3 is 0 Å². The van der Waals surface area contributed by atoms with Crippen LogP contribution in [-0.4, -0.2) is 57.0 Å². The predicted octanol–water partition coefficient (Wildman–Crippen LogP) is 1.03. The van der Waals surface area contributed by atoms with Crippen molar-refractivity contribution in [1.82, 2.24) is 10.2 Å². The second kappa shape index (κ2) is 6.35. The second-order valence-corrected chi connectivity index (χ2v) is 8.10. The van der Waals surface area contributed by atoms with Crippen molar-refractivity contribution in [3.63, 3.8) is 0 Å². The lowest BCUT2D eigenvalue weighted by molar-refractivity contribution is 0.241. The van der Waals surface area contributed by atoms with Gasteiger partial charge in [-0.3, -0.25) is 0 Å². The maximum Gasteiger partial charge on any atom is 0.150 e. The van der Waals surface area contributed by atoms with Gasteiger partial charge < -0.3 is 10.2 Å². The first-order chi connectivity index (χ1) is 8.57. The standard InChI is InChI=1S/C13H26N2O2S/c1-15(13-4-2-3-5-13)9-8-14-12-6-10-18(16,17)11-7-12/h12-14H,2-11H2,1H3. The van der Waals surface area contributed by atoms with Crippen molar-refractivity contribution in [2.24, 2.45) is 0 Å². The Morgan fingerprint density at radius 1 is 1.11 bits per heavy atom. The van der Waals surface area contributed by atoms with E-state index in [-0.39, 0.29) is 0 Å². The molecule has 0 aromatic heterocycles. The molecule has 0 bridgehead atoms. The number of nitrogens with one attached hydrogen (secondary N) is 1. The van der Waals surface area contributed by atoms with Gasteiger partial charge in [0.2, 0.25) is 0 Å². The molecule has 18 heavy (non-hydrogen) atoms. The molecule has 1 N–H and O–H groups in total. The van der Waals surface area contributed by atoms with Crippen LogP contribution in [0.1, 0.15) is 38.5 Å². The highest BCUT2D eigenvalue weighted by atomic mass is 32.2. The van der Waals surface area contributed by atoms with Crippen LogP contribution in [0.2, 0.25) is 0 Å². The van der Waals surface area contributed by atoms with Gasteiger partial charge in [-0.1, -0.05) is 12.8 Å². The van der Waals surface area contributed by atoms with E-state index in [1.54, 1.807) is 0 Å². The molecule has 0 atom stereocenters. The van der Waals surface area contributed by atoms with Crippen LogP contribution in [0.15, 0.2) is 0 Å². The summed E-state index contributed by atoms with van der Waals surface area (Å²) in [7, 11) is -0.509. The van der Waals surface area contributed by atoms with Crippen molar-refractivity contribution in [3.05, 3.63) is 0 Å². The van der Waals surface area contributed by atoms with E-state index in [2.05, 4.69) is 17.3 Å². The Balaban J connectivity index is 1.61. The van der Waals surface area contributed by atoms with Gasteiger partial charge in [-0.2, -0.15) is 0 Å². The fraction of sp³-hybridized carbons (Fsp3) is 1.00. The van der Waals surface area contributed by atoms with E-state index < -0.39 is 9.84 Å². The highest BCUT2D eigenvalue weighted by Crippen LogP contribution is 2.21. The molecule has 106 valence electrons. The van der Waals surface area contributed by atoms with Crippen LogP contribution in [0, 0.1) is 0 Å². The molecule has 1 aliphatic carbocycles. The highest BCUT2D eigenvalue weighted by molar-refractivity contribution is 7.91. The van der Waals surface area contributed by atoms with E-state index in [1.165, 1.54) is 25.7 Å². The zero-order valence-corrected chi connectivity index (χ0v) is 12.2. The Morgan fingerprint density at radius 2 is 1.72 bits per heavy atom. The molecule has 1 saturated carbocycles. The van der Waals surface area contributed by atoms with E-state index in [0.717, 1.165) is 32.0 Å². The van der Waals surface area contributed by atoms with Gasteiger partial charge in [0.15, 0.2) is 0 Å². The molecular weight excluding hydrogens is 248 g/mol. The Hall–Kier alpha value is -0.130. The molecule has 2 rings (SSSR count). The van der Waals surface area contributed by atoms with Gasteiger partial charge in [0.25, 0.3) is 0 Å². The van der Waals surface area contributed by atoms with Crippen LogP contribution in [0.5, 0.6) is 0 Å².